The summed E-state index contributed by atoms with van der Waals surface area (Å²) in [5, 5.41) is 0. The number of hydrogen-bond acceptors (Lipinski definition) is 1. The third-order valence-corrected chi connectivity index (χ3v) is 1.28. The van der Waals surface area contributed by atoms with Crippen LogP contribution in [0, 0.1) is 6.92 Å². The summed E-state index contributed by atoms with van der Waals surface area (Å²) < 4.78 is 0. The molecule has 0 bridgehead atoms. The molecule has 0 heterocycles. The normalized spacial score (nSPS) is 9.33. The molecule has 0 radical (unpaired) electrons. The zero-order chi connectivity index (χ0) is 6.41. The minimum Gasteiger partial charge on any atom is -0.336 e. The van der Waals surface area contributed by atoms with E-state index in [4.69, 9.17) is 0 Å². The summed E-state index contributed by atoms with van der Waals surface area (Å²) in [6.07, 6.45) is 2.58. The van der Waals surface area contributed by atoms with Crippen molar-refractivity contribution in [1.29, 1.82) is 0 Å². The zero-order valence-electron chi connectivity index (χ0n) is 6.39. The summed E-state index contributed by atoms with van der Waals surface area (Å²) in [6, 6.07) is 0. The third kappa shape index (κ3) is 8.65. The van der Waals surface area contributed by atoms with Crippen LogP contribution in [-0.4, -0.2) is 25.0 Å². The summed E-state index contributed by atoms with van der Waals surface area (Å²) in [5.41, 5.74) is 0. The molecule has 0 aliphatic heterocycles. The second-order valence-electron chi connectivity index (χ2n) is 2.16. The van der Waals surface area contributed by atoms with Crippen LogP contribution >= 0.6 is 0 Å². The van der Waals surface area contributed by atoms with Crippen LogP contribution in [0.1, 0.15) is 19.8 Å². The molecule has 0 saturated carbocycles. The van der Waals surface area contributed by atoms with Crippen LogP contribution in [-0.2, 0) is 21.1 Å². The van der Waals surface area contributed by atoms with Gasteiger partial charge in [0.15, 0.2) is 0 Å². The van der Waals surface area contributed by atoms with Gasteiger partial charge in [0.1, 0.15) is 0 Å². The van der Waals surface area contributed by atoms with E-state index in [2.05, 4.69) is 25.8 Å². The Balaban J connectivity index is 0. The van der Waals surface area contributed by atoms with Gasteiger partial charge >= 0.3 is 0 Å². The van der Waals surface area contributed by atoms with Gasteiger partial charge in [-0.15, -0.1) is 6.54 Å². The quantitative estimate of drug-likeness (QED) is 0.712. The molecule has 0 spiro atoms. The summed E-state index contributed by atoms with van der Waals surface area (Å²) in [5.74, 6) is 0. The first kappa shape index (κ1) is 12.3. The van der Waals surface area contributed by atoms with E-state index < -0.39 is 0 Å². The van der Waals surface area contributed by atoms with Gasteiger partial charge < -0.3 is 11.8 Å². The van der Waals surface area contributed by atoms with E-state index in [0.29, 0.717) is 0 Å². The SMILES string of the molecule is [CH2-]CN(C)CCCC.[W]. The van der Waals surface area contributed by atoms with Gasteiger partial charge in [0.05, 0.1) is 0 Å². The second-order valence-corrected chi connectivity index (χ2v) is 2.16. The number of hydrogen-bond donors (Lipinski definition) is 0. The second kappa shape index (κ2) is 8.65. The monoisotopic (exact) mass is 298 g/mol. The van der Waals surface area contributed by atoms with Crippen molar-refractivity contribution >= 4 is 0 Å². The number of nitrogens with zero attached hydrogens (tertiary/aromatic N) is 1. The first-order valence-corrected chi connectivity index (χ1v) is 3.29. The molecule has 0 aliphatic rings. The fourth-order valence-corrected chi connectivity index (χ4v) is 0.540. The molecule has 0 saturated heterocycles. The van der Waals surface area contributed by atoms with Gasteiger partial charge in [-0.2, -0.15) is 0 Å². The van der Waals surface area contributed by atoms with Crippen LogP contribution in [0.25, 0.3) is 0 Å². The van der Waals surface area contributed by atoms with Crippen molar-refractivity contribution in [3.63, 3.8) is 0 Å². The average molecular weight is 298 g/mol. The fraction of sp³-hybridized carbons (Fsp3) is 0.857. The van der Waals surface area contributed by atoms with E-state index in [1.807, 2.05) is 0 Å². The van der Waals surface area contributed by atoms with Crippen molar-refractivity contribution < 1.29 is 21.1 Å². The van der Waals surface area contributed by atoms with Crippen LogP contribution in [0.15, 0.2) is 0 Å². The van der Waals surface area contributed by atoms with Crippen LogP contribution in [0.5, 0.6) is 0 Å². The van der Waals surface area contributed by atoms with Crippen molar-refractivity contribution in [3.8, 4) is 0 Å². The van der Waals surface area contributed by atoms with Crippen molar-refractivity contribution in [2.24, 2.45) is 0 Å². The molecular formula is C7H16NW-. The summed E-state index contributed by atoms with van der Waals surface area (Å²) in [7, 11) is 2.10. The van der Waals surface area contributed by atoms with Crippen molar-refractivity contribution in [2.45, 2.75) is 19.8 Å². The Hall–Kier alpha value is 0.648. The molecule has 2 heteroatoms. The van der Waals surface area contributed by atoms with Gasteiger partial charge in [0, 0.05) is 21.1 Å². The Morgan fingerprint density at radius 3 is 2.33 bits per heavy atom. The van der Waals surface area contributed by atoms with E-state index >= 15 is 0 Å². The maximum absolute atomic E-state index is 3.76. The smallest absolute Gasteiger partial charge is 0 e. The Morgan fingerprint density at radius 1 is 1.44 bits per heavy atom. The molecule has 0 rings (SSSR count). The van der Waals surface area contributed by atoms with Crippen molar-refractivity contribution in [2.75, 3.05) is 20.1 Å². The van der Waals surface area contributed by atoms with E-state index in [1.54, 1.807) is 0 Å². The minimum absolute atomic E-state index is 0. The van der Waals surface area contributed by atoms with E-state index in [1.165, 1.54) is 19.4 Å². The van der Waals surface area contributed by atoms with Gasteiger partial charge in [-0.1, -0.05) is 13.3 Å². The van der Waals surface area contributed by atoms with E-state index in [0.717, 1.165) is 6.54 Å². The molecule has 0 fully saturated rings. The molecule has 9 heavy (non-hydrogen) atoms. The standard InChI is InChI=1S/C7H16N.W/c1-4-6-7-8(3)5-2;/h2,4-7H2,1,3H3;/q-1;. The molecule has 0 unspecified atom stereocenters. The van der Waals surface area contributed by atoms with Gasteiger partial charge in [0.25, 0.3) is 0 Å². The molecular weight excluding hydrogens is 282 g/mol. The molecule has 0 amide bonds. The molecule has 0 aromatic rings. The fourth-order valence-electron chi connectivity index (χ4n) is 0.540. The predicted octanol–water partition coefficient (Wildman–Crippen LogP) is 1.55. The Kier molecular flexibility index (Phi) is 11.9. The zero-order valence-corrected chi connectivity index (χ0v) is 9.32. The largest absolute Gasteiger partial charge is 0.336 e. The molecule has 1 nitrogen and oxygen atoms in total. The molecule has 0 aliphatic carbocycles. The average Bonchev–Trinajstić information content (AvgIpc) is 1.83. The third-order valence-electron chi connectivity index (χ3n) is 1.28. The Labute approximate surface area is 73.1 Å². The van der Waals surface area contributed by atoms with Crippen molar-refractivity contribution in [1.82, 2.24) is 4.90 Å². The molecule has 56 valence electrons. The summed E-state index contributed by atoms with van der Waals surface area (Å²) >= 11 is 0. The molecule has 0 aromatic heterocycles. The summed E-state index contributed by atoms with van der Waals surface area (Å²) in [4.78, 5) is 2.23. The van der Waals surface area contributed by atoms with Crippen LogP contribution in [0.2, 0.25) is 0 Å². The van der Waals surface area contributed by atoms with Gasteiger partial charge in [-0.3, -0.25) is 0 Å². The van der Waals surface area contributed by atoms with Gasteiger partial charge in [-0.05, 0) is 20.0 Å². The summed E-state index contributed by atoms with van der Waals surface area (Å²) in [6.45, 7) is 8.09. The molecule has 0 N–H and O–H groups in total. The maximum Gasteiger partial charge on any atom is 0 e. The molecule has 0 aromatic carbocycles. The van der Waals surface area contributed by atoms with E-state index in [-0.39, 0.29) is 21.1 Å². The van der Waals surface area contributed by atoms with Gasteiger partial charge in [-0.25, -0.2) is 0 Å². The van der Waals surface area contributed by atoms with E-state index in [9.17, 15) is 0 Å². The van der Waals surface area contributed by atoms with Crippen LogP contribution in [0.3, 0.4) is 0 Å². The first-order chi connectivity index (χ1) is 3.81. The van der Waals surface area contributed by atoms with Crippen LogP contribution in [0.4, 0.5) is 0 Å². The van der Waals surface area contributed by atoms with Crippen LogP contribution < -0.4 is 0 Å². The first-order valence-electron chi connectivity index (χ1n) is 3.29. The predicted molar refractivity (Wildman–Crippen MR) is 37.8 cm³/mol. The Bertz CT molecular complexity index is 48.2. The van der Waals surface area contributed by atoms with Crippen molar-refractivity contribution in [3.05, 3.63) is 6.92 Å². The van der Waals surface area contributed by atoms with Gasteiger partial charge in [0.2, 0.25) is 0 Å². The number of unbranched alkanes of at least 4 members (excludes halogenated alkanes) is 1. The maximum atomic E-state index is 3.76. The Morgan fingerprint density at radius 2 is 2.00 bits per heavy atom. The molecule has 0 atom stereocenters. The number of rotatable bonds is 4. The topological polar surface area (TPSA) is 3.24 Å². The minimum atomic E-state index is 0.